The van der Waals surface area contributed by atoms with Crippen LogP contribution in [0.3, 0.4) is 0 Å². The van der Waals surface area contributed by atoms with Gasteiger partial charge in [0, 0.05) is 0 Å². The molecule has 86 valence electrons. The highest BCUT2D eigenvalue weighted by Crippen LogP contribution is 2.45. The predicted molar refractivity (Wildman–Crippen MR) is 65.1 cm³/mol. The molecular weight excluding hydrogens is 198 g/mol. The number of fused-ring (bicyclic) bond motifs is 5. The highest BCUT2D eigenvalue weighted by Gasteiger charge is 2.32. The lowest BCUT2D eigenvalue weighted by molar-refractivity contribution is 0.179. The minimum atomic E-state index is 0.393. The average molecular weight is 217 g/mol. The molecule has 0 aliphatic heterocycles. The van der Waals surface area contributed by atoms with Gasteiger partial charge in [-0.1, -0.05) is 16.6 Å². The molecule has 16 heavy (non-hydrogen) atoms. The fourth-order valence-electron chi connectivity index (χ4n) is 2.92. The summed E-state index contributed by atoms with van der Waals surface area (Å²) < 4.78 is 0. The first-order chi connectivity index (χ1) is 7.85. The van der Waals surface area contributed by atoms with E-state index in [4.69, 9.17) is 0 Å². The van der Waals surface area contributed by atoms with Crippen LogP contribution in [0.5, 0.6) is 0 Å². The molecule has 0 spiro atoms. The molecule has 3 aliphatic carbocycles. The highest BCUT2D eigenvalue weighted by molar-refractivity contribution is 5.08. The van der Waals surface area contributed by atoms with Crippen LogP contribution >= 0.6 is 0 Å². The third kappa shape index (κ3) is 2.72. The van der Waals surface area contributed by atoms with Crippen molar-refractivity contribution in [2.75, 3.05) is 6.54 Å². The summed E-state index contributed by atoms with van der Waals surface area (Å²) in [5.41, 5.74) is 8.24. The van der Waals surface area contributed by atoms with Crippen LogP contribution in [0.4, 0.5) is 0 Å². The Morgan fingerprint density at radius 1 is 1.31 bits per heavy atom. The maximum Gasteiger partial charge on any atom is 0.0816 e. The van der Waals surface area contributed by atoms with E-state index in [1.165, 1.54) is 31.3 Å². The normalized spacial score (nSPS) is 28.9. The number of hydrogen-bond acceptors (Lipinski definition) is 2. The van der Waals surface area contributed by atoms with Crippen molar-refractivity contribution in [1.29, 1.82) is 0 Å². The zero-order chi connectivity index (χ0) is 11.3. The highest BCUT2D eigenvalue weighted by atomic mass is 16.3. The lowest BCUT2D eigenvalue weighted by atomic mass is 9.67. The quantitative estimate of drug-likeness (QED) is 0.516. The zero-order valence-electron chi connectivity index (χ0n) is 9.80. The molecule has 0 radical (unpaired) electrons. The van der Waals surface area contributed by atoms with E-state index in [2.05, 4.69) is 22.7 Å². The van der Waals surface area contributed by atoms with Crippen LogP contribution in [-0.2, 0) is 0 Å². The summed E-state index contributed by atoms with van der Waals surface area (Å²) in [6.45, 7) is 0.491. The van der Waals surface area contributed by atoms with Gasteiger partial charge in [-0.2, -0.15) is 4.91 Å². The van der Waals surface area contributed by atoms with Crippen molar-refractivity contribution in [2.45, 2.75) is 51.4 Å². The van der Waals surface area contributed by atoms with E-state index in [-0.39, 0.29) is 0 Å². The van der Waals surface area contributed by atoms with Crippen LogP contribution in [0.1, 0.15) is 51.4 Å². The molecule has 3 aliphatic rings. The Balaban J connectivity index is 2.13. The molecule has 0 heterocycles. The van der Waals surface area contributed by atoms with Crippen LogP contribution in [-0.4, -0.2) is 6.54 Å². The molecule has 0 amide bonds. The van der Waals surface area contributed by atoms with E-state index in [1.807, 2.05) is 0 Å². The van der Waals surface area contributed by atoms with Crippen LogP contribution in [0.15, 0.2) is 28.3 Å². The molecule has 0 aromatic rings. The van der Waals surface area contributed by atoms with E-state index < -0.39 is 0 Å². The van der Waals surface area contributed by atoms with Crippen LogP contribution < -0.4 is 0 Å². The number of nitroso groups, excluding NO2 is 1. The smallest absolute Gasteiger partial charge is 0.0816 e. The van der Waals surface area contributed by atoms with Gasteiger partial charge in [-0.15, -0.1) is 0 Å². The minimum Gasteiger partial charge on any atom is -0.151 e. The molecule has 0 N–H and O–H groups in total. The second kappa shape index (κ2) is 5.30. The molecule has 2 heteroatoms. The average Bonchev–Trinajstić information content (AvgIpc) is 2.35. The van der Waals surface area contributed by atoms with Gasteiger partial charge in [-0.05, 0) is 68.4 Å². The Bertz CT molecular complexity index is 347. The third-order valence-corrected chi connectivity index (χ3v) is 4.05. The molecular formula is C14H19NO. The Morgan fingerprint density at radius 2 is 2.12 bits per heavy atom. The minimum absolute atomic E-state index is 0.393. The Morgan fingerprint density at radius 3 is 2.88 bits per heavy atom. The standard InChI is InChI=1S/C14H19NO/c16-15-12-11-14-8-4-2-1-3-5-13(6-9-14)7-10-14/h1H,2,4,6-12H2. The lowest BCUT2D eigenvalue weighted by Crippen LogP contribution is -2.26. The molecule has 1 saturated carbocycles. The second-order valence-electron chi connectivity index (χ2n) is 5.07. The fourth-order valence-corrected chi connectivity index (χ4v) is 2.92. The molecule has 3 rings (SSSR count). The van der Waals surface area contributed by atoms with E-state index in [0.29, 0.717) is 12.0 Å². The Kier molecular flexibility index (Phi) is 3.77. The summed E-state index contributed by atoms with van der Waals surface area (Å²) in [4.78, 5) is 10.3. The molecule has 0 aromatic carbocycles. The van der Waals surface area contributed by atoms with Crippen molar-refractivity contribution in [3.05, 3.63) is 28.0 Å². The summed E-state index contributed by atoms with van der Waals surface area (Å²) >= 11 is 0. The van der Waals surface area contributed by atoms with Crippen molar-refractivity contribution in [1.82, 2.24) is 0 Å². The molecule has 0 atom stereocenters. The largest absolute Gasteiger partial charge is 0.151 e. The monoisotopic (exact) mass is 217 g/mol. The van der Waals surface area contributed by atoms with Crippen molar-refractivity contribution in [3.63, 3.8) is 0 Å². The first-order valence-corrected chi connectivity index (χ1v) is 6.32. The van der Waals surface area contributed by atoms with Crippen LogP contribution in [0, 0.1) is 10.3 Å². The number of hydrogen-bond donors (Lipinski definition) is 0. The topological polar surface area (TPSA) is 29.4 Å². The van der Waals surface area contributed by atoms with E-state index >= 15 is 0 Å². The van der Waals surface area contributed by atoms with Crippen molar-refractivity contribution in [3.8, 4) is 0 Å². The third-order valence-electron chi connectivity index (χ3n) is 4.05. The predicted octanol–water partition coefficient (Wildman–Crippen LogP) is 4.12. The molecule has 1 fully saturated rings. The Hall–Kier alpha value is -1.10. The van der Waals surface area contributed by atoms with Gasteiger partial charge in [0.15, 0.2) is 0 Å². The van der Waals surface area contributed by atoms with Gasteiger partial charge >= 0.3 is 0 Å². The number of nitrogens with zero attached hydrogens (tertiary/aromatic N) is 1. The molecule has 2 nitrogen and oxygen atoms in total. The van der Waals surface area contributed by atoms with Crippen LogP contribution in [0.2, 0.25) is 0 Å². The Labute approximate surface area is 97.1 Å². The van der Waals surface area contributed by atoms with Gasteiger partial charge in [0.1, 0.15) is 0 Å². The second-order valence-corrected chi connectivity index (χ2v) is 5.07. The lowest BCUT2D eigenvalue weighted by Gasteiger charge is -2.37. The van der Waals surface area contributed by atoms with Gasteiger partial charge in [0.25, 0.3) is 0 Å². The summed E-state index contributed by atoms with van der Waals surface area (Å²) in [6, 6.07) is 0. The fraction of sp³-hybridized carbons (Fsp3) is 0.714. The van der Waals surface area contributed by atoms with Gasteiger partial charge in [-0.25, -0.2) is 0 Å². The van der Waals surface area contributed by atoms with Crippen molar-refractivity contribution in [2.24, 2.45) is 10.6 Å². The molecule has 0 saturated heterocycles. The van der Waals surface area contributed by atoms with Gasteiger partial charge in [-0.3, -0.25) is 0 Å². The number of rotatable bonds is 3. The van der Waals surface area contributed by atoms with Gasteiger partial charge < -0.3 is 0 Å². The summed E-state index contributed by atoms with van der Waals surface area (Å²) in [6.07, 6.45) is 11.3. The maximum atomic E-state index is 10.3. The van der Waals surface area contributed by atoms with E-state index in [0.717, 1.165) is 25.7 Å². The SMILES string of the molecule is O=NCCC12CCCC=C=C=C(CC1)CC2. The van der Waals surface area contributed by atoms with Crippen molar-refractivity contribution >= 4 is 0 Å². The maximum absolute atomic E-state index is 10.3. The molecule has 0 unspecified atom stereocenters. The number of allylic oxidation sites excluding steroid dienone is 2. The summed E-state index contributed by atoms with van der Waals surface area (Å²) in [5.74, 6) is 0. The molecule has 0 aromatic heterocycles. The van der Waals surface area contributed by atoms with Crippen molar-refractivity contribution < 1.29 is 0 Å². The molecule has 2 bridgehead atoms. The summed E-state index contributed by atoms with van der Waals surface area (Å²) in [5, 5.41) is 3.04. The van der Waals surface area contributed by atoms with Gasteiger partial charge in [0.05, 0.1) is 6.54 Å². The zero-order valence-corrected chi connectivity index (χ0v) is 9.80. The first kappa shape index (κ1) is 11.4. The van der Waals surface area contributed by atoms with Crippen LogP contribution in [0.25, 0.3) is 0 Å². The summed E-state index contributed by atoms with van der Waals surface area (Å²) in [7, 11) is 0. The first-order valence-electron chi connectivity index (χ1n) is 6.32. The van der Waals surface area contributed by atoms with E-state index in [9.17, 15) is 4.91 Å². The van der Waals surface area contributed by atoms with E-state index in [1.54, 1.807) is 0 Å². The van der Waals surface area contributed by atoms with Gasteiger partial charge in [0.2, 0.25) is 0 Å².